The zero-order chi connectivity index (χ0) is 21.8. The number of esters is 1. The minimum Gasteiger partial charge on any atom is -0.464 e. The molecule has 1 aliphatic heterocycles. The van der Waals surface area contributed by atoms with Crippen molar-refractivity contribution >= 4 is 28.5 Å². The third-order valence-corrected chi connectivity index (χ3v) is 7.10. The van der Waals surface area contributed by atoms with Crippen molar-refractivity contribution in [2.45, 2.75) is 51.5 Å². The van der Waals surface area contributed by atoms with Crippen LogP contribution in [0.4, 0.5) is 5.69 Å². The van der Waals surface area contributed by atoms with Crippen LogP contribution in [0.2, 0.25) is 0 Å². The molecule has 1 saturated heterocycles. The number of methoxy groups -OCH3 is 1. The summed E-state index contributed by atoms with van der Waals surface area (Å²) < 4.78 is 4.91. The normalized spacial score (nSPS) is 22.4. The van der Waals surface area contributed by atoms with Gasteiger partial charge in [-0.15, -0.1) is 0 Å². The fraction of sp³-hybridized carbons (Fsp3) is 0.583. The molecule has 2 aliphatic rings. The lowest BCUT2D eigenvalue weighted by molar-refractivity contribution is -1.02. The summed E-state index contributed by atoms with van der Waals surface area (Å²) in [5.74, 6) is -0.529. The van der Waals surface area contributed by atoms with Crippen LogP contribution in [0.3, 0.4) is 0 Å². The molecular formula is C24H36N4O3+2. The summed E-state index contributed by atoms with van der Waals surface area (Å²) in [5, 5.41) is 3.83. The zero-order valence-electron chi connectivity index (χ0n) is 18.8. The number of aromatic nitrogens is 1. The number of hydrogen-bond acceptors (Lipinski definition) is 3. The summed E-state index contributed by atoms with van der Waals surface area (Å²) in [6.45, 7) is 7.54. The Morgan fingerprint density at radius 3 is 2.58 bits per heavy atom. The number of hydrogen-bond donors (Lipinski definition) is 4. The molecule has 7 heteroatoms. The summed E-state index contributed by atoms with van der Waals surface area (Å²) in [7, 11) is 1.35. The maximum Gasteiger partial charge on any atom is 0.356 e. The zero-order valence-corrected chi connectivity index (χ0v) is 18.8. The number of H-pyrrole nitrogens is 1. The van der Waals surface area contributed by atoms with E-state index in [1.807, 2.05) is 25.1 Å². The number of amides is 1. The molecule has 0 atom stereocenters. The maximum absolute atomic E-state index is 12.8. The largest absolute Gasteiger partial charge is 0.464 e. The Hall–Kier alpha value is -2.38. The Balaban J connectivity index is 1.33. The molecule has 1 saturated carbocycles. The Morgan fingerprint density at radius 2 is 1.87 bits per heavy atom. The monoisotopic (exact) mass is 428 g/mol. The molecule has 2 aromatic rings. The number of ether oxygens (including phenoxy) is 1. The van der Waals surface area contributed by atoms with Crippen molar-refractivity contribution in [2.24, 2.45) is 0 Å². The van der Waals surface area contributed by atoms with Crippen molar-refractivity contribution < 1.29 is 24.1 Å². The Morgan fingerprint density at radius 1 is 1.13 bits per heavy atom. The highest BCUT2D eigenvalue weighted by Crippen LogP contribution is 2.29. The van der Waals surface area contributed by atoms with E-state index in [4.69, 9.17) is 4.74 Å². The molecule has 0 bridgehead atoms. The molecule has 31 heavy (non-hydrogen) atoms. The molecule has 4 N–H and O–H groups in total. The number of piperazine rings is 1. The minimum atomic E-state index is -0.475. The Kier molecular flexibility index (Phi) is 6.92. The number of aromatic amines is 1. The van der Waals surface area contributed by atoms with Crippen LogP contribution in [0, 0.1) is 6.92 Å². The first-order valence-electron chi connectivity index (χ1n) is 11.7. The first kappa shape index (κ1) is 21.8. The van der Waals surface area contributed by atoms with E-state index in [-0.39, 0.29) is 5.91 Å². The van der Waals surface area contributed by atoms with E-state index in [9.17, 15) is 9.59 Å². The molecule has 0 radical (unpaired) electrons. The topological polar surface area (TPSA) is 80.1 Å². The van der Waals surface area contributed by atoms with Gasteiger partial charge in [-0.3, -0.25) is 4.79 Å². The molecule has 7 nitrogen and oxygen atoms in total. The smallest absolute Gasteiger partial charge is 0.356 e. The van der Waals surface area contributed by atoms with Gasteiger partial charge in [-0.25, -0.2) is 4.79 Å². The predicted molar refractivity (Wildman–Crippen MR) is 121 cm³/mol. The van der Waals surface area contributed by atoms with Gasteiger partial charge in [0.2, 0.25) is 5.91 Å². The van der Waals surface area contributed by atoms with Crippen LogP contribution in [-0.4, -0.2) is 62.7 Å². The van der Waals surface area contributed by atoms with Gasteiger partial charge in [-0.1, -0.05) is 18.1 Å². The first-order valence-corrected chi connectivity index (χ1v) is 11.7. The Labute approximate surface area is 184 Å². The number of rotatable bonds is 6. The van der Waals surface area contributed by atoms with E-state index in [1.165, 1.54) is 57.2 Å². The highest BCUT2D eigenvalue weighted by Gasteiger charge is 2.30. The minimum absolute atomic E-state index is 0.0536. The average molecular weight is 429 g/mol. The van der Waals surface area contributed by atoms with Crippen molar-refractivity contribution in [1.29, 1.82) is 0 Å². The average Bonchev–Trinajstić information content (AvgIpc) is 3.15. The van der Waals surface area contributed by atoms with E-state index >= 15 is 0 Å². The molecule has 2 fully saturated rings. The summed E-state index contributed by atoms with van der Waals surface area (Å²) in [6.07, 6.45) is 7.42. The van der Waals surface area contributed by atoms with E-state index in [2.05, 4.69) is 10.3 Å². The van der Waals surface area contributed by atoms with Gasteiger partial charge in [-0.05, 0) is 44.7 Å². The molecule has 2 heterocycles. The quantitative estimate of drug-likeness (QED) is 0.512. The van der Waals surface area contributed by atoms with Crippen molar-refractivity contribution in [1.82, 2.24) is 4.98 Å². The van der Waals surface area contributed by atoms with E-state index in [0.29, 0.717) is 17.8 Å². The summed E-state index contributed by atoms with van der Waals surface area (Å²) >= 11 is 0. The van der Waals surface area contributed by atoms with Crippen molar-refractivity contribution in [3.05, 3.63) is 29.5 Å². The lowest BCUT2D eigenvalue weighted by atomic mass is 9.94. The number of anilines is 1. The molecule has 1 aromatic carbocycles. The van der Waals surface area contributed by atoms with E-state index in [0.717, 1.165) is 42.1 Å². The number of quaternary nitrogens is 2. The van der Waals surface area contributed by atoms with Crippen molar-refractivity contribution in [2.75, 3.05) is 45.2 Å². The Bertz CT molecular complexity index is 924. The van der Waals surface area contributed by atoms with Gasteiger partial charge < -0.3 is 24.8 Å². The van der Waals surface area contributed by atoms with Gasteiger partial charge in [0.05, 0.1) is 31.8 Å². The van der Waals surface area contributed by atoms with Crippen molar-refractivity contribution in [3.63, 3.8) is 0 Å². The number of carbonyl (C=O) groups excluding carboxylic acids is 2. The van der Waals surface area contributed by atoms with Gasteiger partial charge in [0.25, 0.3) is 0 Å². The van der Waals surface area contributed by atoms with Crippen LogP contribution in [0.1, 0.15) is 54.6 Å². The fourth-order valence-electron chi connectivity index (χ4n) is 5.28. The second kappa shape index (κ2) is 9.83. The third kappa shape index (κ3) is 5.10. The van der Waals surface area contributed by atoms with Crippen molar-refractivity contribution in [3.8, 4) is 0 Å². The number of benzene rings is 1. The van der Waals surface area contributed by atoms with E-state index < -0.39 is 5.97 Å². The highest BCUT2D eigenvalue weighted by atomic mass is 16.5. The molecule has 1 amide bonds. The molecule has 4 rings (SSSR count). The van der Waals surface area contributed by atoms with Crippen LogP contribution in [-0.2, 0) is 9.53 Å². The van der Waals surface area contributed by atoms with Gasteiger partial charge >= 0.3 is 5.97 Å². The molecular weight excluding hydrogens is 392 g/mol. The number of nitrogens with one attached hydrogen (secondary N) is 4. The van der Waals surface area contributed by atoms with Gasteiger partial charge in [0.15, 0.2) is 0 Å². The van der Waals surface area contributed by atoms with Gasteiger partial charge in [0, 0.05) is 10.9 Å². The lowest BCUT2D eigenvalue weighted by Gasteiger charge is -2.36. The van der Waals surface area contributed by atoms with Crippen LogP contribution >= 0.6 is 0 Å². The molecule has 168 valence electrons. The molecule has 0 unspecified atom stereocenters. The van der Waals surface area contributed by atoms with Crippen LogP contribution in [0.15, 0.2) is 18.2 Å². The summed E-state index contributed by atoms with van der Waals surface area (Å²) in [4.78, 5) is 31.4. The first-order chi connectivity index (χ1) is 15.0. The fourth-order valence-corrected chi connectivity index (χ4v) is 5.28. The maximum atomic E-state index is 12.8. The molecule has 1 aromatic heterocycles. The summed E-state index contributed by atoms with van der Waals surface area (Å²) in [5.41, 5.74) is 2.71. The van der Waals surface area contributed by atoms with E-state index in [1.54, 1.807) is 4.90 Å². The van der Waals surface area contributed by atoms with Gasteiger partial charge in [0.1, 0.15) is 31.9 Å². The predicted octanol–water partition coefficient (Wildman–Crippen LogP) is 0.708. The second-order valence-electron chi connectivity index (χ2n) is 9.21. The van der Waals surface area contributed by atoms with Crippen LogP contribution in [0.25, 0.3) is 10.9 Å². The SMILES string of the molecule is COC(=O)c1[nH]c2ccc(C)cc2c1NC(=O)CC[NH+]1CC[NH+](C2CCCCC2)CC1. The third-order valence-electron chi connectivity index (χ3n) is 7.10. The van der Waals surface area contributed by atoms with Crippen LogP contribution in [0.5, 0.6) is 0 Å². The highest BCUT2D eigenvalue weighted by molar-refractivity contribution is 6.11. The second-order valence-corrected chi connectivity index (χ2v) is 9.21. The number of carbonyl (C=O) groups is 2. The number of fused-ring (bicyclic) bond motifs is 1. The number of aryl methyl sites for hydroxylation is 1. The van der Waals surface area contributed by atoms with Crippen LogP contribution < -0.4 is 15.1 Å². The molecule has 1 aliphatic carbocycles. The lowest BCUT2D eigenvalue weighted by Crippen LogP contribution is -3.29. The van der Waals surface area contributed by atoms with Gasteiger partial charge in [-0.2, -0.15) is 0 Å². The molecule has 0 spiro atoms. The summed E-state index contributed by atoms with van der Waals surface area (Å²) in [6, 6.07) is 6.74. The standard InChI is InChI=1S/C24H34N4O3/c1-17-8-9-20-19(16-17)22(23(25-20)24(30)31-2)26-21(29)10-11-27-12-14-28(15-13-27)18-6-4-3-5-7-18/h8-9,16,18,25H,3-7,10-15H2,1-2H3,(H,26,29)/p+2.